The van der Waals surface area contributed by atoms with Crippen LogP contribution in [0.4, 0.5) is 10.3 Å². The molecule has 2 rings (SSSR count). The summed E-state index contributed by atoms with van der Waals surface area (Å²) in [6.45, 7) is -0.161. The van der Waals surface area contributed by atoms with Crippen LogP contribution in [-0.2, 0) is 16.6 Å². The van der Waals surface area contributed by atoms with Gasteiger partial charge in [-0.05, 0) is 6.07 Å². The number of rotatable bonds is 5. The summed E-state index contributed by atoms with van der Waals surface area (Å²) in [6, 6.07) is 5.90. The average molecular weight is 297 g/mol. The number of hydrogen-bond acceptors (Lipinski definition) is 6. The number of benzene rings is 1. The van der Waals surface area contributed by atoms with Gasteiger partial charge in [-0.25, -0.2) is 33.3 Å². The van der Waals surface area contributed by atoms with Gasteiger partial charge in [0.05, 0.1) is 12.4 Å². The number of anilines is 1. The fourth-order valence-corrected chi connectivity index (χ4v) is 2.32. The summed E-state index contributed by atoms with van der Waals surface area (Å²) in [7, 11) is -3.81. The van der Waals surface area contributed by atoms with E-state index in [-0.39, 0.29) is 23.0 Å². The van der Waals surface area contributed by atoms with Crippen molar-refractivity contribution in [2.45, 2.75) is 11.4 Å². The van der Waals surface area contributed by atoms with Gasteiger partial charge >= 0.3 is 0 Å². The van der Waals surface area contributed by atoms with Gasteiger partial charge in [-0.3, -0.25) is 5.43 Å². The van der Waals surface area contributed by atoms with Crippen molar-refractivity contribution in [3.05, 3.63) is 48.0 Å². The molecule has 20 heavy (non-hydrogen) atoms. The van der Waals surface area contributed by atoms with Gasteiger partial charge in [-0.15, -0.1) is 0 Å². The summed E-state index contributed by atoms with van der Waals surface area (Å²) < 4.78 is 39.6. The summed E-state index contributed by atoms with van der Waals surface area (Å²) in [5.74, 6) is 4.70. The number of nitrogens with zero attached hydrogens (tertiary/aromatic N) is 2. The number of hydrogen-bond donors (Lipinski definition) is 3. The highest BCUT2D eigenvalue weighted by molar-refractivity contribution is 7.89. The molecule has 0 aliphatic heterocycles. The molecule has 0 aliphatic rings. The molecular weight excluding hydrogens is 285 g/mol. The van der Waals surface area contributed by atoms with E-state index in [9.17, 15) is 12.8 Å². The Morgan fingerprint density at radius 1 is 1.20 bits per heavy atom. The molecule has 0 aliphatic carbocycles. The van der Waals surface area contributed by atoms with Crippen LogP contribution in [-0.4, -0.2) is 18.4 Å². The Balaban J connectivity index is 2.13. The Morgan fingerprint density at radius 3 is 2.45 bits per heavy atom. The molecule has 4 N–H and O–H groups in total. The van der Waals surface area contributed by atoms with E-state index in [0.717, 1.165) is 12.4 Å². The first-order valence-electron chi connectivity index (χ1n) is 5.54. The lowest BCUT2D eigenvalue weighted by atomic mass is 10.2. The molecule has 0 radical (unpaired) electrons. The van der Waals surface area contributed by atoms with E-state index in [0.29, 0.717) is 0 Å². The molecule has 7 nitrogen and oxygen atoms in total. The molecule has 0 bridgehead atoms. The number of nitrogens with one attached hydrogen (secondary N) is 2. The fourth-order valence-electron chi connectivity index (χ4n) is 1.43. The van der Waals surface area contributed by atoms with Gasteiger partial charge in [0.1, 0.15) is 10.7 Å². The van der Waals surface area contributed by atoms with E-state index in [1.165, 1.54) is 18.2 Å². The van der Waals surface area contributed by atoms with Crippen LogP contribution in [0, 0.1) is 5.82 Å². The number of nitrogens with two attached hydrogens (primary N) is 1. The molecule has 106 valence electrons. The van der Waals surface area contributed by atoms with Crippen molar-refractivity contribution in [1.82, 2.24) is 14.7 Å². The first kappa shape index (κ1) is 14.3. The Kier molecular flexibility index (Phi) is 4.23. The third-order valence-corrected chi connectivity index (χ3v) is 3.83. The maximum absolute atomic E-state index is 13.4. The van der Waals surface area contributed by atoms with E-state index in [1.54, 1.807) is 6.07 Å². The van der Waals surface area contributed by atoms with E-state index >= 15 is 0 Å². The van der Waals surface area contributed by atoms with Crippen LogP contribution < -0.4 is 16.0 Å². The number of sulfonamides is 1. The molecule has 0 saturated carbocycles. The second kappa shape index (κ2) is 5.90. The van der Waals surface area contributed by atoms with Crippen LogP contribution in [0.1, 0.15) is 5.56 Å². The molecule has 0 unspecified atom stereocenters. The van der Waals surface area contributed by atoms with Crippen LogP contribution >= 0.6 is 0 Å². The van der Waals surface area contributed by atoms with Crippen molar-refractivity contribution >= 4 is 16.0 Å². The first-order valence-corrected chi connectivity index (χ1v) is 7.03. The molecule has 2 aromatic rings. The minimum atomic E-state index is -3.81. The Hall–Kier alpha value is -2.10. The van der Waals surface area contributed by atoms with Crippen molar-refractivity contribution in [2.75, 3.05) is 5.43 Å². The highest BCUT2D eigenvalue weighted by Gasteiger charge is 2.15. The van der Waals surface area contributed by atoms with Crippen molar-refractivity contribution in [3.8, 4) is 0 Å². The van der Waals surface area contributed by atoms with Crippen molar-refractivity contribution < 1.29 is 12.8 Å². The third kappa shape index (κ3) is 3.26. The standard InChI is InChI=1S/C11H12FN5O2S/c12-10-4-2-1-3-8(10)5-16-20(18,19)9-6-14-11(17-13)15-7-9/h1-4,6-7,16H,5,13H2,(H,14,15,17). The summed E-state index contributed by atoms with van der Waals surface area (Å²) >= 11 is 0. The van der Waals surface area contributed by atoms with Crippen molar-refractivity contribution in [1.29, 1.82) is 0 Å². The number of halogens is 1. The Labute approximate surface area is 115 Å². The van der Waals surface area contributed by atoms with Crippen LogP contribution in [0.25, 0.3) is 0 Å². The summed E-state index contributed by atoms with van der Waals surface area (Å²) in [5.41, 5.74) is 2.43. The summed E-state index contributed by atoms with van der Waals surface area (Å²) in [5, 5.41) is 0. The van der Waals surface area contributed by atoms with E-state index < -0.39 is 15.8 Å². The number of nitrogen functional groups attached to an aromatic ring is 1. The Bertz CT molecular complexity index is 690. The zero-order valence-electron chi connectivity index (χ0n) is 10.2. The van der Waals surface area contributed by atoms with Gasteiger partial charge in [0.2, 0.25) is 16.0 Å². The van der Waals surface area contributed by atoms with Gasteiger partial charge in [0.15, 0.2) is 0 Å². The first-order chi connectivity index (χ1) is 9.53. The van der Waals surface area contributed by atoms with E-state index in [4.69, 9.17) is 5.84 Å². The maximum atomic E-state index is 13.4. The monoisotopic (exact) mass is 297 g/mol. The molecule has 0 atom stereocenters. The number of aromatic nitrogens is 2. The molecule has 1 heterocycles. The molecule has 1 aromatic carbocycles. The largest absolute Gasteiger partial charge is 0.292 e. The predicted molar refractivity (Wildman–Crippen MR) is 70.3 cm³/mol. The van der Waals surface area contributed by atoms with Crippen molar-refractivity contribution in [2.24, 2.45) is 5.84 Å². The van der Waals surface area contributed by atoms with Gasteiger partial charge in [-0.1, -0.05) is 18.2 Å². The topological polar surface area (TPSA) is 110 Å². The van der Waals surface area contributed by atoms with Crippen LogP contribution in [0.15, 0.2) is 41.6 Å². The minimum Gasteiger partial charge on any atom is -0.292 e. The highest BCUT2D eigenvalue weighted by Crippen LogP contribution is 2.10. The lowest BCUT2D eigenvalue weighted by Gasteiger charge is -2.07. The quantitative estimate of drug-likeness (QED) is 0.543. The lowest BCUT2D eigenvalue weighted by Crippen LogP contribution is -2.24. The highest BCUT2D eigenvalue weighted by atomic mass is 32.2. The molecule has 1 aromatic heterocycles. The summed E-state index contributed by atoms with van der Waals surface area (Å²) in [4.78, 5) is 7.26. The van der Waals surface area contributed by atoms with Gasteiger partial charge in [0.25, 0.3) is 0 Å². The molecule has 0 amide bonds. The molecule has 9 heteroatoms. The van der Waals surface area contributed by atoms with E-state index in [2.05, 4.69) is 20.1 Å². The van der Waals surface area contributed by atoms with Crippen LogP contribution in [0.3, 0.4) is 0 Å². The van der Waals surface area contributed by atoms with E-state index in [1.807, 2.05) is 0 Å². The van der Waals surface area contributed by atoms with Gasteiger partial charge in [0, 0.05) is 12.1 Å². The minimum absolute atomic E-state index is 0.0954. The van der Waals surface area contributed by atoms with Crippen LogP contribution in [0.2, 0.25) is 0 Å². The second-order valence-corrected chi connectivity index (χ2v) is 5.57. The average Bonchev–Trinajstić information content (AvgIpc) is 2.46. The van der Waals surface area contributed by atoms with Gasteiger partial charge in [-0.2, -0.15) is 0 Å². The zero-order valence-corrected chi connectivity index (χ0v) is 11.1. The Morgan fingerprint density at radius 2 is 1.85 bits per heavy atom. The molecular formula is C11H12FN5O2S. The second-order valence-electron chi connectivity index (χ2n) is 3.80. The van der Waals surface area contributed by atoms with Crippen molar-refractivity contribution in [3.63, 3.8) is 0 Å². The molecule has 0 saturated heterocycles. The zero-order chi connectivity index (χ0) is 14.6. The molecule has 0 spiro atoms. The van der Waals surface area contributed by atoms with Crippen LogP contribution in [0.5, 0.6) is 0 Å². The predicted octanol–water partition coefficient (Wildman–Crippen LogP) is 0.380. The van der Waals surface area contributed by atoms with Gasteiger partial charge < -0.3 is 0 Å². The smallest absolute Gasteiger partial charge is 0.243 e. The lowest BCUT2D eigenvalue weighted by molar-refractivity contribution is 0.573. The third-order valence-electron chi connectivity index (χ3n) is 2.48. The summed E-state index contributed by atoms with van der Waals surface area (Å²) in [6.07, 6.45) is 2.21. The SMILES string of the molecule is NNc1ncc(S(=O)(=O)NCc2ccccc2F)cn1. The molecule has 0 fully saturated rings. The normalized spacial score (nSPS) is 11.3. The number of hydrazine groups is 1. The maximum Gasteiger partial charge on any atom is 0.243 e. The fraction of sp³-hybridized carbons (Fsp3) is 0.0909.